The van der Waals surface area contributed by atoms with Gasteiger partial charge < -0.3 is 9.80 Å². The molecule has 3 aromatic rings. The Labute approximate surface area is 197 Å². The van der Waals surface area contributed by atoms with Gasteiger partial charge in [-0.3, -0.25) is 4.31 Å². The summed E-state index contributed by atoms with van der Waals surface area (Å²) in [6.45, 7) is 8.05. The number of nitrogens with zero attached hydrogens (tertiary/aromatic N) is 3. The Kier molecular flexibility index (Phi) is 6.30. The largest absolute Gasteiger partial charge is 0.370 e. The van der Waals surface area contributed by atoms with Crippen LogP contribution in [0.5, 0.6) is 0 Å². The molecule has 2 heterocycles. The molecule has 2 aliphatic heterocycles. The lowest BCUT2D eigenvalue weighted by atomic mass is 10.0. The fourth-order valence-corrected chi connectivity index (χ4v) is 6.92. The minimum Gasteiger partial charge on any atom is -0.370 e. The predicted octanol–water partition coefficient (Wildman–Crippen LogP) is 4.90. The van der Waals surface area contributed by atoms with Gasteiger partial charge in [0.05, 0.1) is 10.6 Å². The summed E-state index contributed by atoms with van der Waals surface area (Å²) in [5, 5.41) is 1.94. The van der Waals surface area contributed by atoms with Gasteiger partial charge in [0.15, 0.2) is 0 Å². The van der Waals surface area contributed by atoms with E-state index in [1.807, 2.05) is 30.3 Å². The van der Waals surface area contributed by atoms with Crippen molar-refractivity contribution in [2.75, 3.05) is 48.5 Å². The zero-order chi connectivity index (χ0) is 22.8. The fourth-order valence-electron chi connectivity index (χ4n) is 5.22. The third-order valence-corrected chi connectivity index (χ3v) is 8.85. The highest BCUT2D eigenvalue weighted by atomic mass is 32.2. The van der Waals surface area contributed by atoms with Gasteiger partial charge in [0.25, 0.3) is 10.0 Å². The number of unbranched alkanes of at least 4 members (excludes halogenated alkanes) is 1. The van der Waals surface area contributed by atoms with Crippen molar-refractivity contribution in [2.45, 2.75) is 37.5 Å². The summed E-state index contributed by atoms with van der Waals surface area (Å²) in [7, 11) is -3.54. The van der Waals surface area contributed by atoms with Gasteiger partial charge in [-0.15, -0.1) is 0 Å². The standard InChI is InChI=1S/C27H33N3O2S/c1-2-3-16-28-17-8-18-29(21-20-28)24-13-14-25-27-23(24)11-7-12-26(27)33(31,32)30(25)19-15-22-9-5-4-6-10-22/h4-7,9-14H,2-3,8,15-21H2,1H3. The molecular weight excluding hydrogens is 430 g/mol. The predicted molar refractivity (Wildman–Crippen MR) is 137 cm³/mol. The number of anilines is 2. The van der Waals surface area contributed by atoms with Crippen molar-refractivity contribution in [3.05, 3.63) is 66.2 Å². The van der Waals surface area contributed by atoms with E-state index in [0.717, 1.165) is 60.3 Å². The molecule has 0 spiro atoms. The summed E-state index contributed by atoms with van der Waals surface area (Å²) >= 11 is 0. The lowest BCUT2D eigenvalue weighted by Gasteiger charge is -2.26. The molecule has 0 saturated carbocycles. The van der Waals surface area contributed by atoms with Crippen LogP contribution in [0.3, 0.4) is 0 Å². The Hall–Kier alpha value is -2.57. The van der Waals surface area contributed by atoms with Gasteiger partial charge in [0, 0.05) is 42.6 Å². The first kappa shape index (κ1) is 22.2. The van der Waals surface area contributed by atoms with E-state index < -0.39 is 10.0 Å². The van der Waals surface area contributed by atoms with Crippen molar-refractivity contribution < 1.29 is 8.42 Å². The molecule has 33 heavy (non-hydrogen) atoms. The highest BCUT2D eigenvalue weighted by Crippen LogP contribution is 2.45. The molecule has 0 N–H and O–H groups in total. The summed E-state index contributed by atoms with van der Waals surface area (Å²) in [4.78, 5) is 5.47. The van der Waals surface area contributed by atoms with Crippen molar-refractivity contribution in [1.29, 1.82) is 0 Å². The molecule has 0 atom stereocenters. The summed E-state index contributed by atoms with van der Waals surface area (Å²) in [5.41, 5.74) is 3.13. The molecule has 0 unspecified atom stereocenters. The fraction of sp³-hybridized carbons (Fsp3) is 0.407. The quantitative estimate of drug-likeness (QED) is 0.500. The smallest absolute Gasteiger partial charge is 0.265 e. The average Bonchev–Trinajstić information content (AvgIpc) is 2.97. The van der Waals surface area contributed by atoms with Crippen LogP contribution in [-0.4, -0.2) is 52.6 Å². The number of hydrogen-bond acceptors (Lipinski definition) is 4. The Morgan fingerprint density at radius 3 is 2.45 bits per heavy atom. The minimum absolute atomic E-state index is 0.448. The second-order valence-electron chi connectivity index (χ2n) is 9.13. The normalized spacial score (nSPS) is 18.1. The van der Waals surface area contributed by atoms with Crippen molar-refractivity contribution in [2.24, 2.45) is 0 Å². The second-order valence-corrected chi connectivity index (χ2v) is 11.0. The van der Waals surface area contributed by atoms with Gasteiger partial charge in [-0.25, -0.2) is 8.42 Å². The lowest BCUT2D eigenvalue weighted by molar-refractivity contribution is 0.289. The monoisotopic (exact) mass is 463 g/mol. The molecule has 3 aromatic carbocycles. The third kappa shape index (κ3) is 4.22. The van der Waals surface area contributed by atoms with E-state index >= 15 is 0 Å². The number of hydrogen-bond donors (Lipinski definition) is 0. The van der Waals surface area contributed by atoms with Crippen molar-refractivity contribution in [1.82, 2.24) is 4.90 Å². The molecule has 0 radical (unpaired) electrons. The van der Waals surface area contributed by atoms with Crippen LogP contribution in [0.2, 0.25) is 0 Å². The van der Waals surface area contributed by atoms with E-state index in [-0.39, 0.29) is 0 Å². The zero-order valence-electron chi connectivity index (χ0n) is 19.4. The van der Waals surface area contributed by atoms with Crippen LogP contribution in [0, 0.1) is 0 Å². The first-order chi connectivity index (χ1) is 16.1. The molecule has 6 heteroatoms. The molecule has 2 aliphatic rings. The van der Waals surface area contributed by atoms with E-state index in [9.17, 15) is 8.42 Å². The Morgan fingerprint density at radius 1 is 0.818 bits per heavy atom. The molecule has 5 rings (SSSR count). The molecule has 1 fully saturated rings. The van der Waals surface area contributed by atoms with Gasteiger partial charge in [-0.2, -0.15) is 0 Å². The number of rotatable bonds is 7. The van der Waals surface area contributed by atoms with Crippen molar-refractivity contribution in [3.8, 4) is 0 Å². The Balaban J connectivity index is 1.46. The van der Waals surface area contributed by atoms with Gasteiger partial charge in [-0.1, -0.05) is 55.8 Å². The summed E-state index contributed by atoms with van der Waals surface area (Å²) < 4.78 is 28.6. The summed E-state index contributed by atoms with van der Waals surface area (Å²) in [6.07, 6.45) is 4.30. The molecular formula is C27H33N3O2S. The summed E-state index contributed by atoms with van der Waals surface area (Å²) in [6, 6.07) is 20.0. The zero-order valence-corrected chi connectivity index (χ0v) is 20.2. The first-order valence-corrected chi connectivity index (χ1v) is 13.6. The SMILES string of the molecule is CCCCN1CCCN(c2ccc3c4c(cccc24)S(=O)(=O)N3CCc2ccccc2)CC1. The van der Waals surface area contributed by atoms with Crippen LogP contribution in [0.4, 0.5) is 11.4 Å². The van der Waals surface area contributed by atoms with Crippen LogP contribution in [-0.2, 0) is 16.4 Å². The van der Waals surface area contributed by atoms with Crippen LogP contribution < -0.4 is 9.21 Å². The van der Waals surface area contributed by atoms with Gasteiger partial charge in [-0.05, 0) is 56.1 Å². The number of sulfonamides is 1. The highest BCUT2D eigenvalue weighted by molar-refractivity contribution is 7.93. The Morgan fingerprint density at radius 2 is 1.64 bits per heavy atom. The molecule has 0 bridgehead atoms. The van der Waals surface area contributed by atoms with E-state index in [0.29, 0.717) is 17.9 Å². The van der Waals surface area contributed by atoms with Gasteiger partial charge in [0.2, 0.25) is 0 Å². The maximum Gasteiger partial charge on any atom is 0.265 e. The minimum atomic E-state index is -3.54. The number of benzene rings is 3. The Bertz CT molecular complexity index is 1230. The van der Waals surface area contributed by atoms with Crippen molar-refractivity contribution in [3.63, 3.8) is 0 Å². The van der Waals surface area contributed by atoms with Crippen LogP contribution in [0.15, 0.2) is 65.6 Å². The highest BCUT2D eigenvalue weighted by Gasteiger charge is 2.36. The first-order valence-electron chi connectivity index (χ1n) is 12.2. The van der Waals surface area contributed by atoms with E-state index in [4.69, 9.17) is 0 Å². The lowest BCUT2D eigenvalue weighted by Crippen LogP contribution is -2.31. The molecule has 0 aliphatic carbocycles. The third-order valence-electron chi connectivity index (χ3n) is 7.00. The van der Waals surface area contributed by atoms with E-state index in [1.165, 1.54) is 19.4 Å². The van der Waals surface area contributed by atoms with Crippen LogP contribution >= 0.6 is 0 Å². The van der Waals surface area contributed by atoms with Crippen LogP contribution in [0.25, 0.3) is 10.8 Å². The second kappa shape index (κ2) is 9.35. The molecule has 1 saturated heterocycles. The van der Waals surface area contributed by atoms with E-state index in [1.54, 1.807) is 10.4 Å². The average molecular weight is 464 g/mol. The van der Waals surface area contributed by atoms with Crippen molar-refractivity contribution >= 4 is 32.2 Å². The topological polar surface area (TPSA) is 43.9 Å². The van der Waals surface area contributed by atoms with Gasteiger partial charge >= 0.3 is 0 Å². The van der Waals surface area contributed by atoms with Gasteiger partial charge in [0.1, 0.15) is 0 Å². The molecule has 0 amide bonds. The molecule has 5 nitrogen and oxygen atoms in total. The maximum absolute atomic E-state index is 13.5. The summed E-state index contributed by atoms with van der Waals surface area (Å²) in [5.74, 6) is 0. The maximum atomic E-state index is 13.5. The van der Waals surface area contributed by atoms with Crippen LogP contribution in [0.1, 0.15) is 31.7 Å². The molecule has 174 valence electrons. The molecule has 0 aromatic heterocycles. The van der Waals surface area contributed by atoms with E-state index in [2.05, 4.69) is 41.0 Å².